The molecule has 0 atom stereocenters. The van der Waals surface area contributed by atoms with Gasteiger partial charge in [0, 0.05) is 11.0 Å². The number of hydrogen-bond acceptors (Lipinski definition) is 2. The molecule has 0 spiro atoms. The van der Waals surface area contributed by atoms with Gasteiger partial charge in [-0.25, -0.2) is 8.78 Å². The summed E-state index contributed by atoms with van der Waals surface area (Å²) >= 11 is 4.94. The topological polar surface area (TPSA) is 9.23 Å². The Morgan fingerprint density at radius 1 is 1.06 bits per heavy atom. The van der Waals surface area contributed by atoms with Crippen LogP contribution in [0.15, 0.2) is 45.8 Å². The van der Waals surface area contributed by atoms with E-state index in [-0.39, 0.29) is 5.75 Å². The van der Waals surface area contributed by atoms with Gasteiger partial charge in [-0.2, -0.15) is 0 Å². The molecule has 5 heteroatoms. The molecule has 0 aromatic heterocycles. The van der Waals surface area contributed by atoms with Crippen molar-refractivity contribution in [3.8, 4) is 11.5 Å². The van der Waals surface area contributed by atoms with Crippen LogP contribution in [0.1, 0.15) is 0 Å². The Balaban J connectivity index is 2.28. The van der Waals surface area contributed by atoms with E-state index in [2.05, 4.69) is 15.9 Å². The fourth-order valence-corrected chi connectivity index (χ4v) is 2.42. The maximum Gasteiger partial charge on any atom is 0.168 e. The van der Waals surface area contributed by atoms with Gasteiger partial charge in [0.25, 0.3) is 0 Å². The average Bonchev–Trinajstić information content (AvgIpc) is 2.34. The van der Waals surface area contributed by atoms with E-state index < -0.39 is 11.6 Å². The quantitative estimate of drug-likeness (QED) is 0.711. The first-order chi connectivity index (χ1) is 8.60. The molecular formula is C13H9BrF2OS. The first-order valence-corrected chi connectivity index (χ1v) is 7.08. The number of rotatable bonds is 3. The minimum absolute atomic E-state index is 0.00555. The Bertz CT molecular complexity index is 575. The Morgan fingerprint density at radius 3 is 2.39 bits per heavy atom. The highest BCUT2D eigenvalue weighted by molar-refractivity contribution is 9.10. The molecule has 0 heterocycles. The molecule has 0 aliphatic carbocycles. The zero-order valence-electron chi connectivity index (χ0n) is 9.41. The summed E-state index contributed by atoms with van der Waals surface area (Å²) in [4.78, 5) is 1.06. The largest absolute Gasteiger partial charge is 0.453 e. The van der Waals surface area contributed by atoms with Crippen molar-refractivity contribution in [3.63, 3.8) is 0 Å². The minimum atomic E-state index is -0.726. The molecule has 1 nitrogen and oxygen atoms in total. The maximum absolute atomic E-state index is 13.4. The van der Waals surface area contributed by atoms with Crippen molar-refractivity contribution in [1.29, 1.82) is 0 Å². The number of benzene rings is 2. The van der Waals surface area contributed by atoms with E-state index in [1.807, 2.05) is 18.4 Å². The molecule has 0 N–H and O–H groups in total. The molecule has 0 aliphatic heterocycles. The van der Waals surface area contributed by atoms with Crippen LogP contribution in [0.5, 0.6) is 11.5 Å². The van der Waals surface area contributed by atoms with Crippen molar-refractivity contribution in [1.82, 2.24) is 0 Å². The van der Waals surface area contributed by atoms with Gasteiger partial charge in [0.1, 0.15) is 11.6 Å². The molecular weight excluding hydrogens is 322 g/mol. The summed E-state index contributed by atoms with van der Waals surface area (Å²) < 4.78 is 32.3. The third-order valence-electron chi connectivity index (χ3n) is 2.25. The summed E-state index contributed by atoms with van der Waals surface area (Å²) in [6.45, 7) is 0. The van der Waals surface area contributed by atoms with E-state index in [1.54, 1.807) is 17.8 Å². The van der Waals surface area contributed by atoms with E-state index >= 15 is 0 Å². The lowest BCUT2D eigenvalue weighted by Gasteiger charge is -2.09. The van der Waals surface area contributed by atoms with Gasteiger partial charge in [-0.3, -0.25) is 0 Å². The summed E-state index contributed by atoms with van der Waals surface area (Å²) in [6.07, 6.45) is 1.96. The maximum atomic E-state index is 13.4. The molecule has 2 rings (SSSR count). The predicted molar refractivity (Wildman–Crippen MR) is 72.4 cm³/mol. The van der Waals surface area contributed by atoms with Gasteiger partial charge in [-0.15, -0.1) is 11.8 Å². The monoisotopic (exact) mass is 330 g/mol. The highest BCUT2D eigenvalue weighted by Gasteiger charge is 2.09. The van der Waals surface area contributed by atoms with Crippen LogP contribution in [0.25, 0.3) is 0 Å². The molecule has 0 bridgehead atoms. The number of hydrogen-bond donors (Lipinski definition) is 0. The second kappa shape index (κ2) is 5.71. The Kier molecular flexibility index (Phi) is 4.24. The predicted octanol–water partition coefficient (Wildman–Crippen LogP) is 5.24. The number of halogens is 3. The smallest absolute Gasteiger partial charge is 0.168 e. The lowest BCUT2D eigenvalue weighted by Crippen LogP contribution is -1.90. The third-order valence-corrected chi connectivity index (χ3v) is 3.60. The summed E-state index contributed by atoms with van der Waals surface area (Å²) in [5.74, 6) is -0.875. The van der Waals surface area contributed by atoms with Crippen LogP contribution < -0.4 is 4.74 Å². The lowest BCUT2D eigenvalue weighted by atomic mass is 10.3. The van der Waals surface area contributed by atoms with Crippen LogP contribution in [0, 0.1) is 11.6 Å². The van der Waals surface area contributed by atoms with Gasteiger partial charge >= 0.3 is 0 Å². The van der Waals surface area contributed by atoms with Crippen molar-refractivity contribution in [2.75, 3.05) is 6.26 Å². The van der Waals surface area contributed by atoms with Gasteiger partial charge in [-0.1, -0.05) is 0 Å². The number of thioether (sulfide) groups is 1. The van der Waals surface area contributed by atoms with Crippen molar-refractivity contribution >= 4 is 27.7 Å². The van der Waals surface area contributed by atoms with Gasteiger partial charge < -0.3 is 4.74 Å². The molecule has 0 aliphatic rings. The van der Waals surface area contributed by atoms with E-state index in [4.69, 9.17) is 4.74 Å². The van der Waals surface area contributed by atoms with Gasteiger partial charge in [0.15, 0.2) is 11.6 Å². The standard InChI is InChI=1S/C13H9BrF2OS/c1-18-9-3-5-12(10(14)7-9)17-13-4-2-8(15)6-11(13)16/h2-7H,1H3. The van der Waals surface area contributed by atoms with Crippen molar-refractivity contribution in [2.24, 2.45) is 0 Å². The van der Waals surface area contributed by atoms with Gasteiger partial charge in [0.05, 0.1) is 4.47 Å². The van der Waals surface area contributed by atoms with Gasteiger partial charge in [-0.05, 0) is 52.5 Å². The number of ether oxygens (including phenoxy) is 1. The third kappa shape index (κ3) is 3.03. The van der Waals surface area contributed by atoms with E-state index in [0.29, 0.717) is 5.75 Å². The van der Waals surface area contributed by atoms with Crippen molar-refractivity contribution < 1.29 is 13.5 Å². The molecule has 0 saturated heterocycles. The van der Waals surface area contributed by atoms with Crippen molar-refractivity contribution in [2.45, 2.75) is 4.90 Å². The molecule has 0 unspecified atom stereocenters. The molecule has 18 heavy (non-hydrogen) atoms. The molecule has 0 saturated carbocycles. The molecule has 2 aromatic carbocycles. The first kappa shape index (κ1) is 13.4. The van der Waals surface area contributed by atoms with Crippen LogP contribution in [-0.4, -0.2) is 6.26 Å². The Hall–Kier alpha value is -1.07. The molecule has 0 radical (unpaired) electrons. The molecule has 94 valence electrons. The SMILES string of the molecule is CSc1ccc(Oc2ccc(F)cc2F)c(Br)c1. The molecule has 0 amide bonds. The van der Waals surface area contributed by atoms with E-state index in [1.165, 1.54) is 6.07 Å². The Labute approximate surface area is 116 Å². The van der Waals surface area contributed by atoms with Crippen LogP contribution >= 0.6 is 27.7 Å². The highest BCUT2D eigenvalue weighted by Crippen LogP contribution is 2.33. The average molecular weight is 331 g/mol. The molecule has 0 fully saturated rings. The van der Waals surface area contributed by atoms with Gasteiger partial charge in [0.2, 0.25) is 0 Å². The molecule has 2 aromatic rings. The minimum Gasteiger partial charge on any atom is -0.453 e. The second-order valence-corrected chi connectivity index (χ2v) is 5.21. The first-order valence-electron chi connectivity index (χ1n) is 5.06. The fraction of sp³-hybridized carbons (Fsp3) is 0.0769. The second-order valence-electron chi connectivity index (χ2n) is 3.47. The summed E-state index contributed by atoms with van der Waals surface area (Å²) in [6, 6.07) is 8.69. The van der Waals surface area contributed by atoms with Crippen LogP contribution in [0.3, 0.4) is 0 Å². The normalized spacial score (nSPS) is 10.4. The summed E-state index contributed by atoms with van der Waals surface area (Å²) in [5.41, 5.74) is 0. The van der Waals surface area contributed by atoms with Crippen molar-refractivity contribution in [3.05, 3.63) is 52.5 Å². The van der Waals surface area contributed by atoms with Crippen LogP contribution in [0.4, 0.5) is 8.78 Å². The zero-order chi connectivity index (χ0) is 13.1. The van der Waals surface area contributed by atoms with Crippen LogP contribution in [0.2, 0.25) is 0 Å². The zero-order valence-corrected chi connectivity index (χ0v) is 11.8. The highest BCUT2D eigenvalue weighted by atomic mass is 79.9. The summed E-state index contributed by atoms with van der Waals surface area (Å²) in [5, 5.41) is 0. The van der Waals surface area contributed by atoms with Crippen LogP contribution in [-0.2, 0) is 0 Å². The summed E-state index contributed by atoms with van der Waals surface area (Å²) in [7, 11) is 0. The van der Waals surface area contributed by atoms with E-state index in [0.717, 1.165) is 21.5 Å². The lowest BCUT2D eigenvalue weighted by molar-refractivity contribution is 0.435. The van der Waals surface area contributed by atoms with E-state index in [9.17, 15) is 8.78 Å². The fourth-order valence-electron chi connectivity index (χ4n) is 1.37. The Morgan fingerprint density at radius 2 is 1.78 bits per heavy atom.